The second-order valence-corrected chi connectivity index (χ2v) is 5.08. The number of nitrogen functional groups attached to an aromatic ring is 1. The van der Waals surface area contributed by atoms with Crippen LogP contribution in [0.2, 0.25) is 0 Å². The Hall–Kier alpha value is -0.420. The first-order chi connectivity index (χ1) is 7.22. The van der Waals surface area contributed by atoms with Crippen LogP contribution in [0, 0.1) is 5.92 Å². The zero-order valence-corrected chi connectivity index (χ0v) is 11.2. The summed E-state index contributed by atoms with van der Waals surface area (Å²) in [6.07, 6.45) is 4.46. The van der Waals surface area contributed by atoms with Crippen LogP contribution < -0.4 is 11.1 Å². The molecule has 0 spiro atoms. The first kappa shape index (κ1) is 12.6. The average molecular weight is 245 g/mol. The Labute approximate surface area is 100.0 Å². The molecule has 0 aliphatic rings. The Morgan fingerprint density at radius 1 is 1.47 bits per heavy atom. The van der Waals surface area contributed by atoms with Crippen molar-refractivity contribution in [3.63, 3.8) is 0 Å². The summed E-state index contributed by atoms with van der Waals surface area (Å²) in [7, 11) is 0. The molecule has 0 aliphatic heterocycles. The van der Waals surface area contributed by atoms with Gasteiger partial charge in [0.15, 0.2) is 5.82 Å². The maximum atomic E-state index is 5.76. The molecule has 3 N–H and O–H groups in total. The summed E-state index contributed by atoms with van der Waals surface area (Å²) < 4.78 is 4.15. The highest BCUT2D eigenvalue weighted by molar-refractivity contribution is 7.99. The lowest BCUT2D eigenvalue weighted by molar-refractivity contribution is 0.519. The molecule has 86 valence electrons. The maximum absolute atomic E-state index is 5.76. The Bertz CT molecular complexity index is 295. The largest absolute Gasteiger partial charge is 0.382 e. The van der Waals surface area contributed by atoms with E-state index in [0.29, 0.717) is 5.82 Å². The Morgan fingerprint density at radius 2 is 2.13 bits per heavy atom. The van der Waals surface area contributed by atoms with Crippen LogP contribution in [0.25, 0.3) is 0 Å². The summed E-state index contributed by atoms with van der Waals surface area (Å²) >= 11 is 3.11. The standard InChI is InChI=1S/C10H19N3S2/c1-4-7(5-2)6-12-10-8(14-3)9(11)13-15-10/h7,12H,4-6H2,1-3H3,(H2,11,13). The fourth-order valence-electron chi connectivity index (χ4n) is 1.42. The van der Waals surface area contributed by atoms with Crippen molar-refractivity contribution in [2.24, 2.45) is 5.92 Å². The van der Waals surface area contributed by atoms with Crippen molar-refractivity contribution in [3.8, 4) is 0 Å². The minimum absolute atomic E-state index is 0.652. The molecule has 0 bridgehead atoms. The van der Waals surface area contributed by atoms with Gasteiger partial charge in [-0.3, -0.25) is 0 Å². The number of hydrogen-bond donors (Lipinski definition) is 2. The van der Waals surface area contributed by atoms with Gasteiger partial charge < -0.3 is 11.1 Å². The van der Waals surface area contributed by atoms with Gasteiger partial charge in [-0.05, 0) is 23.7 Å². The molecule has 0 radical (unpaired) electrons. The van der Waals surface area contributed by atoms with Crippen molar-refractivity contribution in [3.05, 3.63) is 0 Å². The molecule has 0 fully saturated rings. The van der Waals surface area contributed by atoms with Crippen LogP contribution >= 0.6 is 23.3 Å². The van der Waals surface area contributed by atoms with Crippen molar-refractivity contribution in [1.82, 2.24) is 4.37 Å². The summed E-state index contributed by atoms with van der Waals surface area (Å²) in [6.45, 7) is 5.47. The van der Waals surface area contributed by atoms with Gasteiger partial charge in [0, 0.05) is 6.54 Å². The molecule has 1 rings (SSSR count). The zero-order chi connectivity index (χ0) is 11.3. The molecular weight excluding hydrogens is 226 g/mol. The molecule has 0 amide bonds. The molecule has 1 heterocycles. The molecule has 0 aromatic carbocycles. The van der Waals surface area contributed by atoms with Gasteiger partial charge in [-0.2, -0.15) is 4.37 Å². The Kier molecular flexibility index (Phi) is 5.25. The first-order valence-corrected chi connectivity index (χ1v) is 7.25. The zero-order valence-electron chi connectivity index (χ0n) is 9.54. The van der Waals surface area contributed by atoms with Crippen molar-refractivity contribution >= 4 is 34.1 Å². The van der Waals surface area contributed by atoms with Crippen molar-refractivity contribution in [2.45, 2.75) is 31.6 Å². The lowest BCUT2D eigenvalue weighted by atomic mass is 10.0. The smallest absolute Gasteiger partial charge is 0.153 e. The molecule has 1 aromatic heterocycles. The third kappa shape index (κ3) is 3.28. The monoisotopic (exact) mass is 245 g/mol. The number of anilines is 2. The van der Waals surface area contributed by atoms with E-state index >= 15 is 0 Å². The van der Waals surface area contributed by atoms with E-state index in [1.54, 1.807) is 11.8 Å². The van der Waals surface area contributed by atoms with Gasteiger partial charge in [0.25, 0.3) is 0 Å². The SMILES string of the molecule is CCC(CC)CNc1snc(N)c1SC. The van der Waals surface area contributed by atoms with Crippen molar-refractivity contribution in [2.75, 3.05) is 23.9 Å². The lowest BCUT2D eigenvalue weighted by Gasteiger charge is -2.13. The fourth-order valence-corrected chi connectivity index (χ4v) is 2.97. The van der Waals surface area contributed by atoms with E-state index in [4.69, 9.17) is 5.73 Å². The maximum Gasteiger partial charge on any atom is 0.153 e. The van der Waals surface area contributed by atoms with E-state index in [9.17, 15) is 0 Å². The van der Waals surface area contributed by atoms with E-state index in [0.717, 1.165) is 22.4 Å². The molecule has 3 nitrogen and oxygen atoms in total. The van der Waals surface area contributed by atoms with Gasteiger partial charge in [0.2, 0.25) is 0 Å². The molecule has 0 unspecified atom stereocenters. The van der Waals surface area contributed by atoms with Crippen LogP contribution in [0.3, 0.4) is 0 Å². The molecule has 0 saturated carbocycles. The second kappa shape index (κ2) is 6.23. The van der Waals surface area contributed by atoms with Crippen LogP contribution in [0.1, 0.15) is 26.7 Å². The van der Waals surface area contributed by atoms with Crippen LogP contribution in [-0.4, -0.2) is 17.2 Å². The molecule has 0 saturated heterocycles. The number of rotatable bonds is 6. The van der Waals surface area contributed by atoms with Crippen LogP contribution in [0.4, 0.5) is 10.8 Å². The first-order valence-electron chi connectivity index (χ1n) is 5.25. The topological polar surface area (TPSA) is 50.9 Å². The van der Waals surface area contributed by atoms with E-state index in [-0.39, 0.29) is 0 Å². The Balaban J connectivity index is 2.56. The number of hydrogen-bond acceptors (Lipinski definition) is 5. The quantitative estimate of drug-likeness (QED) is 0.755. The fraction of sp³-hybridized carbons (Fsp3) is 0.700. The summed E-state index contributed by atoms with van der Waals surface area (Å²) in [4.78, 5) is 1.09. The predicted octanol–water partition coefficient (Wildman–Crippen LogP) is 3.30. The molecule has 5 heteroatoms. The van der Waals surface area contributed by atoms with E-state index in [2.05, 4.69) is 23.5 Å². The number of thioether (sulfide) groups is 1. The number of aromatic nitrogens is 1. The number of nitrogens with zero attached hydrogens (tertiary/aromatic N) is 1. The molecule has 15 heavy (non-hydrogen) atoms. The van der Waals surface area contributed by atoms with Gasteiger partial charge in [0.05, 0.1) is 4.90 Å². The molecule has 0 atom stereocenters. The second-order valence-electron chi connectivity index (χ2n) is 3.49. The number of nitrogens with two attached hydrogens (primary N) is 1. The van der Waals surface area contributed by atoms with Crippen LogP contribution in [0.5, 0.6) is 0 Å². The molecule has 1 aromatic rings. The van der Waals surface area contributed by atoms with E-state index in [1.165, 1.54) is 24.4 Å². The van der Waals surface area contributed by atoms with Crippen molar-refractivity contribution in [1.29, 1.82) is 0 Å². The minimum atomic E-state index is 0.652. The predicted molar refractivity (Wildman–Crippen MR) is 70.9 cm³/mol. The summed E-state index contributed by atoms with van der Waals surface area (Å²) in [5, 5.41) is 4.56. The van der Waals surface area contributed by atoms with Gasteiger partial charge >= 0.3 is 0 Å². The molecule has 0 aliphatic carbocycles. The van der Waals surface area contributed by atoms with Crippen LogP contribution in [0.15, 0.2) is 4.90 Å². The van der Waals surface area contributed by atoms with Crippen molar-refractivity contribution < 1.29 is 0 Å². The van der Waals surface area contributed by atoms with Gasteiger partial charge in [-0.25, -0.2) is 0 Å². The summed E-state index contributed by atoms with van der Waals surface area (Å²) in [5.74, 6) is 1.39. The third-order valence-electron chi connectivity index (χ3n) is 2.58. The van der Waals surface area contributed by atoms with Gasteiger partial charge in [0.1, 0.15) is 5.00 Å². The third-order valence-corrected chi connectivity index (χ3v) is 4.35. The highest BCUT2D eigenvalue weighted by Gasteiger charge is 2.11. The van der Waals surface area contributed by atoms with Crippen LogP contribution in [-0.2, 0) is 0 Å². The van der Waals surface area contributed by atoms with Gasteiger partial charge in [-0.15, -0.1) is 11.8 Å². The van der Waals surface area contributed by atoms with E-state index in [1.807, 2.05) is 6.26 Å². The highest BCUT2D eigenvalue weighted by atomic mass is 32.2. The number of nitrogens with one attached hydrogen (secondary N) is 1. The normalized spacial score (nSPS) is 10.9. The molecular formula is C10H19N3S2. The highest BCUT2D eigenvalue weighted by Crippen LogP contribution is 2.34. The minimum Gasteiger partial charge on any atom is -0.382 e. The lowest BCUT2D eigenvalue weighted by Crippen LogP contribution is -2.12. The van der Waals surface area contributed by atoms with Gasteiger partial charge in [-0.1, -0.05) is 26.7 Å². The Morgan fingerprint density at radius 3 is 2.67 bits per heavy atom. The summed E-state index contributed by atoms with van der Waals surface area (Å²) in [6, 6.07) is 0. The van der Waals surface area contributed by atoms with E-state index < -0.39 is 0 Å². The summed E-state index contributed by atoms with van der Waals surface area (Å²) in [5.41, 5.74) is 5.76. The average Bonchev–Trinajstić information content (AvgIpc) is 2.61.